The van der Waals surface area contributed by atoms with Crippen LogP contribution in [-0.2, 0) is 24.0 Å². The number of nitrogens with zero attached hydrogens (tertiary/aromatic N) is 2. The van der Waals surface area contributed by atoms with Gasteiger partial charge in [-0.3, -0.25) is 9.59 Å². The minimum atomic E-state index is -1.58. The van der Waals surface area contributed by atoms with E-state index in [1.807, 2.05) is 42.3 Å². The first-order chi connectivity index (χ1) is 11.4. The van der Waals surface area contributed by atoms with E-state index in [1.54, 1.807) is 0 Å². The van der Waals surface area contributed by atoms with E-state index in [2.05, 4.69) is 0 Å². The topological polar surface area (TPSA) is 166 Å². The Balaban J connectivity index is -0.000000308. The van der Waals surface area contributed by atoms with Gasteiger partial charge in [0.25, 0.3) is 0 Å². The molecule has 0 bridgehead atoms. The Hall–Kier alpha value is -2.53. The Morgan fingerprint density at radius 1 is 0.577 bits per heavy atom. The van der Waals surface area contributed by atoms with E-state index in [-0.39, 0.29) is 13.1 Å². The quantitative estimate of drug-likeness (QED) is 0.306. The van der Waals surface area contributed by atoms with Gasteiger partial charge in [0.1, 0.15) is 0 Å². The second-order valence-electron chi connectivity index (χ2n) is 7.31. The van der Waals surface area contributed by atoms with Gasteiger partial charge in [0.15, 0.2) is 13.1 Å². The number of carboxylic acid groups (broad SMARTS) is 4. The van der Waals surface area contributed by atoms with E-state index in [9.17, 15) is 24.0 Å². The van der Waals surface area contributed by atoms with Crippen molar-refractivity contribution >= 4 is 29.7 Å². The standard InChI is InChI=1S/2C5H11NO2.C5H6O5/c2*1-6(2,3)4-5(7)8;6-3(5(9)10)1-2-4(7)8/h2*4H2,1-3H3;1-2H2,(H,7,8)(H,9,10)/p+2. The van der Waals surface area contributed by atoms with E-state index < -0.39 is 42.5 Å². The highest BCUT2D eigenvalue weighted by molar-refractivity contribution is 6.32. The van der Waals surface area contributed by atoms with Gasteiger partial charge in [0.2, 0.25) is 5.78 Å². The Morgan fingerprint density at radius 3 is 1.00 bits per heavy atom. The fourth-order valence-corrected chi connectivity index (χ4v) is 1.14. The zero-order valence-corrected chi connectivity index (χ0v) is 16.1. The molecule has 0 aliphatic carbocycles. The average Bonchev–Trinajstić information content (AvgIpc) is 2.30. The first kappa shape index (κ1) is 28.3. The fraction of sp³-hybridized carbons (Fsp3) is 0.667. The van der Waals surface area contributed by atoms with Gasteiger partial charge in [0.05, 0.1) is 48.7 Å². The van der Waals surface area contributed by atoms with Crippen molar-refractivity contribution in [1.29, 1.82) is 0 Å². The largest absolute Gasteiger partial charge is 0.481 e. The summed E-state index contributed by atoms with van der Waals surface area (Å²) in [7, 11) is 11.0. The summed E-state index contributed by atoms with van der Waals surface area (Å²) in [6.45, 7) is 0.361. The predicted molar refractivity (Wildman–Crippen MR) is 90.6 cm³/mol. The van der Waals surface area contributed by atoms with Crippen molar-refractivity contribution in [2.45, 2.75) is 12.8 Å². The molecular weight excluding hydrogens is 352 g/mol. The molecule has 152 valence electrons. The maximum absolute atomic E-state index is 10.2. The monoisotopic (exact) mass is 382 g/mol. The normalized spacial score (nSPS) is 10.4. The van der Waals surface area contributed by atoms with Crippen molar-refractivity contribution < 1.29 is 53.4 Å². The maximum Gasteiger partial charge on any atom is 0.372 e. The summed E-state index contributed by atoms with van der Waals surface area (Å²) in [4.78, 5) is 49.7. The molecule has 0 amide bonds. The van der Waals surface area contributed by atoms with Crippen LogP contribution in [0.5, 0.6) is 0 Å². The number of carbonyl (C=O) groups is 5. The molecule has 0 spiro atoms. The molecule has 0 saturated carbocycles. The zero-order chi connectivity index (χ0) is 21.7. The van der Waals surface area contributed by atoms with Crippen molar-refractivity contribution in [2.75, 3.05) is 55.4 Å². The third kappa shape index (κ3) is 33.2. The molecule has 11 heteroatoms. The van der Waals surface area contributed by atoms with Gasteiger partial charge in [-0.2, -0.15) is 0 Å². The van der Waals surface area contributed by atoms with E-state index >= 15 is 0 Å². The van der Waals surface area contributed by atoms with Gasteiger partial charge in [0, 0.05) is 6.42 Å². The lowest BCUT2D eigenvalue weighted by Crippen LogP contribution is -2.39. The van der Waals surface area contributed by atoms with Crippen LogP contribution in [0.25, 0.3) is 0 Å². The molecule has 0 atom stereocenters. The predicted octanol–water partition coefficient (Wildman–Crippen LogP) is -0.941. The molecule has 26 heavy (non-hydrogen) atoms. The zero-order valence-electron chi connectivity index (χ0n) is 16.1. The number of aliphatic carboxylic acids is 4. The number of ketones is 1. The number of likely N-dealkylation sites (N-methyl/N-ethyl adjacent to an activating group) is 2. The minimum absolute atomic E-state index is 0.181. The van der Waals surface area contributed by atoms with Crippen LogP contribution in [0.15, 0.2) is 0 Å². The third-order valence-corrected chi connectivity index (χ3v) is 2.02. The molecule has 0 heterocycles. The molecule has 0 aliphatic heterocycles. The number of Topliss-reactive ketones (excluding diaryl/α,β-unsaturated/α-hetero) is 1. The fourth-order valence-electron chi connectivity index (χ4n) is 1.14. The second-order valence-corrected chi connectivity index (χ2v) is 7.31. The molecular formula is C15H30N2O9+2. The Labute approximate surface area is 152 Å². The SMILES string of the molecule is C[N+](C)(C)CC(=O)O.C[N+](C)(C)CC(=O)O.O=C(O)CCC(=O)C(=O)O. The lowest BCUT2D eigenvalue weighted by molar-refractivity contribution is -0.862. The van der Waals surface area contributed by atoms with Gasteiger partial charge in [-0.15, -0.1) is 0 Å². The van der Waals surface area contributed by atoms with Crippen LogP contribution >= 0.6 is 0 Å². The number of carbonyl (C=O) groups excluding carboxylic acids is 1. The summed E-state index contributed by atoms with van der Waals surface area (Å²) in [6.07, 6.45) is -0.865. The molecule has 0 fully saturated rings. The molecule has 0 unspecified atom stereocenters. The van der Waals surface area contributed by atoms with Crippen LogP contribution in [0.3, 0.4) is 0 Å². The number of hydrogen-bond donors (Lipinski definition) is 4. The van der Waals surface area contributed by atoms with Gasteiger partial charge < -0.3 is 29.4 Å². The molecule has 0 aliphatic rings. The number of quaternary nitrogens is 2. The van der Waals surface area contributed by atoms with E-state index in [1.165, 1.54) is 0 Å². The molecule has 0 aromatic heterocycles. The molecule has 0 aromatic rings. The maximum atomic E-state index is 10.2. The molecule has 4 N–H and O–H groups in total. The average molecular weight is 382 g/mol. The highest BCUT2D eigenvalue weighted by atomic mass is 16.4. The van der Waals surface area contributed by atoms with Crippen LogP contribution in [0.1, 0.15) is 12.8 Å². The van der Waals surface area contributed by atoms with Crippen molar-refractivity contribution in [3.63, 3.8) is 0 Å². The third-order valence-electron chi connectivity index (χ3n) is 2.02. The Bertz CT molecular complexity index is 476. The molecule has 0 aromatic carbocycles. The van der Waals surface area contributed by atoms with Crippen molar-refractivity contribution in [3.8, 4) is 0 Å². The van der Waals surface area contributed by atoms with Gasteiger partial charge in [-0.1, -0.05) is 0 Å². The summed E-state index contributed by atoms with van der Waals surface area (Å²) in [5.41, 5.74) is 0. The second kappa shape index (κ2) is 12.8. The summed E-state index contributed by atoms with van der Waals surface area (Å²) in [5.74, 6) is -5.33. The summed E-state index contributed by atoms with van der Waals surface area (Å²) >= 11 is 0. The Morgan fingerprint density at radius 2 is 0.885 bits per heavy atom. The molecule has 0 radical (unpaired) electrons. The van der Waals surface area contributed by atoms with Gasteiger partial charge in [-0.05, 0) is 0 Å². The Kier molecular flexibility index (Phi) is 13.9. The van der Waals surface area contributed by atoms with Gasteiger partial charge in [-0.25, -0.2) is 14.4 Å². The number of carboxylic acids is 4. The summed E-state index contributed by atoms with van der Waals surface area (Å²) in [6, 6.07) is 0. The molecule has 11 nitrogen and oxygen atoms in total. The highest BCUT2D eigenvalue weighted by Gasteiger charge is 2.12. The number of rotatable bonds is 8. The first-order valence-electron chi connectivity index (χ1n) is 7.39. The smallest absolute Gasteiger partial charge is 0.372 e. The first-order valence-corrected chi connectivity index (χ1v) is 7.39. The molecule has 0 saturated heterocycles. The highest BCUT2D eigenvalue weighted by Crippen LogP contribution is 1.90. The summed E-state index contributed by atoms with van der Waals surface area (Å²) in [5, 5.41) is 32.4. The van der Waals surface area contributed by atoms with Crippen LogP contribution in [0.4, 0.5) is 0 Å². The van der Waals surface area contributed by atoms with E-state index in [0.29, 0.717) is 8.97 Å². The summed E-state index contributed by atoms with van der Waals surface area (Å²) < 4.78 is 0.963. The van der Waals surface area contributed by atoms with E-state index in [4.69, 9.17) is 20.4 Å². The van der Waals surface area contributed by atoms with Crippen molar-refractivity contribution in [2.24, 2.45) is 0 Å². The van der Waals surface area contributed by atoms with Crippen molar-refractivity contribution in [3.05, 3.63) is 0 Å². The van der Waals surface area contributed by atoms with Crippen LogP contribution in [-0.4, -0.2) is 114 Å². The lowest BCUT2D eigenvalue weighted by Gasteiger charge is -2.20. The molecule has 0 rings (SSSR count). The van der Waals surface area contributed by atoms with Crippen molar-refractivity contribution in [1.82, 2.24) is 0 Å². The van der Waals surface area contributed by atoms with Crippen LogP contribution < -0.4 is 0 Å². The number of hydrogen-bond acceptors (Lipinski definition) is 5. The van der Waals surface area contributed by atoms with Gasteiger partial charge >= 0.3 is 23.9 Å². The minimum Gasteiger partial charge on any atom is -0.481 e. The van der Waals surface area contributed by atoms with Crippen LogP contribution in [0, 0.1) is 0 Å². The lowest BCUT2D eigenvalue weighted by atomic mass is 10.2. The van der Waals surface area contributed by atoms with Crippen LogP contribution in [0.2, 0.25) is 0 Å². The van der Waals surface area contributed by atoms with E-state index in [0.717, 1.165) is 0 Å².